The van der Waals surface area contributed by atoms with Gasteiger partial charge in [-0.3, -0.25) is 19.3 Å². The Kier molecular flexibility index (Phi) is 13.6. The number of rotatable bonds is 14. The minimum absolute atomic E-state index is 0.0624. The van der Waals surface area contributed by atoms with Crippen LogP contribution >= 0.6 is 11.6 Å². The van der Waals surface area contributed by atoms with E-state index in [1.807, 2.05) is 11.8 Å². The first-order valence-electron chi connectivity index (χ1n) is 14.0. The third-order valence-corrected chi connectivity index (χ3v) is 7.45. The summed E-state index contributed by atoms with van der Waals surface area (Å²) < 4.78 is 0. The predicted octanol–water partition coefficient (Wildman–Crippen LogP) is 3.55. The van der Waals surface area contributed by atoms with E-state index in [0.717, 1.165) is 63.4 Å². The third-order valence-electron chi connectivity index (χ3n) is 7.10. The zero-order chi connectivity index (χ0) is 28.1. The molecule has 0 aromatic rings. The number of halogens is 1. The van der Waals surface area contributed by atoms with Gasteiger partial charge in [0.2, 0.25) is 5.91 Å². The standard InChI is InChI=1S/C28H45ClN6O3/c1-4-7-8-15-35(14-5-2)24(36)19-34-16-12-21(13-17-34)32-28(38)26(31)23(18-30)33-27(37)25-20(6-3)10-9-11-22(25)29/h11,18,21,30H,4-10,12-17,19,31H2,1-3H3,(H,32,38)(H,33,37)/b26-23+,30-18?. The highest BCUT2D eigenvalue weighted by atomic mass is 35.5. The molecule has 0 aromatic carbocycles. The molecular weight excluding hydrogens is 504 g/mol. The Morgan fingerprint density at radius 2 is 1.87 bits per heavy atom. The molecule has 0 radical (unpaired) electrons. The second kappa shape index (κ2) is 16.3. The molecule has 5 N–H and O–H groups in total. The number of amides is 3. The molecule has 0 bridgehead atoms. The highest BCUT2D eigenvalue weighted by Gasteiger charge is 2.26. The number of nitrogens with one attached hydrogen (secondary N) is 3. The second-order valence-electron chi connectivity index (χ2n) is 9.96. The molecular formula is C28H45ClN6O3. The van der Waals surface area contributed by atoms with Gasteiger partial charge in [-0.1, -0.05) is 56.9 Å². The van der Waals surface area contributed by atoms with Crippen LogP contribution in [0.3, 0.4) is 0 Å². The van der Waals surface area contributed by atoms with Crippen molar-refractivity contribution in [2.75, 3.05) is 32.7 Å². The smallest absolute Gasteiger partial charge is 0.269 e. The summed E-state index contributed by atoms with van der Waals surface area (Å²) in [5.41, 5.74) is 7.09. The van der Waals surface area contributed by atoms with Gasteiger partial charge >= 0.3 is 0 Å². The van der Waals surface area contributed by atoms with Crippen LogP contribution in [0.4, 0.5) is 0 Å². The van der Waals surface area contributed by atoms with Crippen LogP contribution in [0.2, 0.25) is 0 Å². The van der Waals surface area contributed by atoms with Gasteiger partial charge in [0.1, 0.15) is 5.70 Å². The van der Waals surface area contributed by atoms with E-state index in [2.05, 4.69) is 29.4 Å². The number of piperidine rings is 1. The van der Waals surface area contributed by atoms with Gasteiger partial charge in [0, 0.05) is 43.5 Å². The summed E-state index contributed by atoms with van der Waals surface area (Å²) >= 11 is 6.28. The van der Waals surface area contributed by atoms with Crippen LogP contribution < -0.4 is 16.4 Å². The molecule has 1 heterocycles. The molecule has 1 aliphatic heterocycles. The lowest BCUT2D eigenvalue weighted by Gasteiger charge is -2.33. The number of hydrogen-bond acceptors (Lipinski definition) is 6. The van der Waals surface area contributed by atoms with Crippen LogP contribution in [0.25, 0.3) is 0 Å². The molecule has 2 rings (SSSR count). The van der Waals surface area contributed by atoms with Gasteiger partial charge in [0.25, 0.3) is 11.8 Å². The third kappa shape index (κ3) is 9.27. The average Bonchev–Trinajstić information content (AvgIpc) is 2.91. The number of carbonyl (C=O) groups is 3. The molecule has 0 aromatic heterocycles. The summed E-state index contributed by atoms with van der Waals surface area (Å²) in [4.78, 5) is 42.7. The molecule has 0 spiro atoms. The first-order valence-corrected chi connectivity index (χ1v) is 14.3. The van der Waals surface area contributed by atoms with E-state index >= 15 is 0 Å². The van der Waals surface area contributed by atoms with Crippen LogP contribution in [0, 0.1) is 5.41 Å². The highest BCUT2D eigenvalue weighted by Crippen LogP contribution is 2.30. The van der Waals surface area contributed by atoms with Crippen LogP contribution in [-0.2, 0) is 14.4 Å². The molecule has 1 fully saturated rings. The zero-order valence-electron chi connectivity index (χ0n) is 23.2. The maximum Gasteiger partial charge on any atom is 0.269 e. The summed E-state index contributed by atoms with van der Waals surface area (Å²) in [6, 6.07) is -0.100. The van der Waals surface area contributed by atoms with Crippen molar-refractivity contribution in [3.8, 4) is 0 Å². The van der Waals surface area contributed by atoms with Gasteiger partial charge in [-0.05, 0) is 44.9 Å². The van der Waals surface area contributed by atoms with Crippen LogP contribution in [-0.4, -0.2) is 72.5 Å². The number of allylic oxidation sites excluding steroid dienone is 3. The van der Waals surface area contributed by atoms with E-state index in [0.29, 0.717) is 49.5 Å². The average molecular weight is 549 g/mol. The number of unbranched alkanes of at least 4 members (excludes halogenated alkanes) is 2. The quantitative estimate of drug-likeness (QED) is 0.150. The fourth-order valence-corrected chi connectivity index (χ4v) is 5.18. The van der Waals surface area contributed by atoms with Gasteiger partial charge < -0.3 is 26.7 Å². The van der Waals surface area contributed by atoms with Crippen molar-refractivity contribution in [1.82, 2.24) is 20.4 Å². The number of hydrogen-bond donors (Lipinski definition) is 4. The number of carbonyl (C=O) groups excluding carboxylic acids is 3. The maximum absolute atomic E-state index is 12.9. The van der Waals surface area contributed by atoms with Crippen molar-refractivity contribution >= 4 is 35.5 Å². The number of likely N-dealkylation sites (tertiary alicyclic amines) is 1. The summed E-state index contributed by atoms with van der Waals surface area (Å²) in [5, 5.41) is 13.6. The second-order valence-corrected chi connectivity index (χ2v) is 10.4. The minimum atomic E-state index is -0.529. The van der Waals surface area contributed by atoms with Gasteiger partial charge in [-0.25, -0.2) is 0 Å². The molecule has 0 saturated carbocycles. The molecule has 0 unspecified atom stereocenters. The summed E-state index contributed by atoms with van der Waals surface area (Å²) in [6.07, 6.45) is 10.5. The van der Waals surface area contributed by atoms with E-state index in [4.69, 9.17) is 22.7 Å². The Balaban J connectivity index is 1.91. The van der Waals surface area contributed by atoms with E-state index in [1.54, 1.807) is 6.08 Å². The number of nitrogens with zero attached hydrogens (tertiary/aromatic N) is 2. The van der Waals surface area contributed by atoms with Crippen LogP contribution in [0.15, 0.2) is 33.6 Å². The highest BCUT2D eigenvalue weighted by molar-refractivity contribution is 6.35. The minimum Gasteiger partial charge on any atom is -0.393 e. The van der Waals surface area contributed by atoms with Crippen molar-refractivity contribution in [3.05, 3.63) is 33.6 Å². The van der Waals surface area contributed by atoms with Crippen molar-refractivity contribution in [1.29, 1.82) is 5.41 Å². The Morgan fingerprint density at radius 3 is 2.47 bits per heavy atom. The fraction of sp³-hybridized carbons (Fsp3) is 0.643. The zero-order valence-corrected chi connectivity index (χ0v) is 24.0. The lowest BCUT2D eigenvalue weighted by Crippen LogP contribution is -2.49. The van der Waals surface area contributed by atoms with Crippen LogP contribution in [0.1, 0.15) is 78.6 Å². The first-order chi connectivity index (χ1) is 18.2. The Morgan fingerprint density at radius 1 is 1.16 bits per heavy atom. The van der Waals surface area contributed by atoms with Crippen molar-refractivity contribution in [2.45, 2.75) is 84.6 Å². The molecule has 3 amide bonds. The van der Waals surface area contributed by atoms with E-state index in [-0.39, 0.29) is 23.3 Å². The van der Waals surface area contributed by atoms with Crippen molar-refractivity contribution < 1.29 is 14.4 Å². The van der Waals surface area contributed by atoms with Crippen molar-refractivity contribution in [2.24, 2.45) is 5.73 Å². The molecule has 10 heteroatoms. The van der Waals surface area contributed by atoms with E-state index in [1.165, 1.54) is 0 Å². The molecule has 2 aliphatic rings. The van der Waals surface area contributed by atoms with E-state index < -0.39 is 11.8 Å². The van der Waals surface area contributed by atoms with Gasteiger partial charge in [-0.2, -0.15) is 0 Å². The Hall–Kier alpha value is -2.65. The molecule has 38 heavy (non-hydrogen) atoms. The molecule has 9 nitrogen and oxygen atoms in total. The maximum atomic E-state index is 12.9. The van der Waals surface area contributed by atoms with Gasteiger partial charge in [-0.15, -0.1) is 0 Å². The number of nitrogens with two attached hydrogens (primary N) is 1. The lowest BCUT2D eigenvalue weighted by atomic mass is 9.94. The predicted molar refractivity (Wildman–Crippen MR) is 153 cm³/mol. The molecule has 1 saturated heterocycles. The van der Waals surface area contributed by atoms with Gasteiger partial charge in [0.05, 0.1) is 17.8 Å². The normalized spacial score (nSPS) is 17.4. The summed E-state index contributed by atoms with van der Waals surface area (Å²) in [6.45, 7) is 9.59. The SMILES string of the molecule is CCCCCN(CCC)C(=O)CN1CCC(NC(=O)/C(N)=C(/C=N)NC(=O)C2=C(CC)CCC=C2Cl)CC1. The summed E-state index contributed by atoms with van der Waals surface area (Å²) in [5.74, 6) is -0.835. The monoisotopic (exact) mass is 548 g/mol. The fourth-order valence-electron chi connectivity index (χ4n) is 4.85. The Labute approximate surface area is 232 Å². The van der Waals surface area contributed by atoms with Gasteiger partial charge in [0.15, 0.2) is 0 Å². The van der Waals surface area contributed by atoms with E-state index in [9.17, 15) is 14.4 Å². The molecule has 0 atom stereocenters. The first kappa shape index (κ1) is 31.6. The lowest BCUT2D eigenvalue weighted by molar-refractivity contribution is -0.133. The van der Waals surface area contributed by atoms with Crippen molar-refractivity contribution in [3.63, 3.8) is 0 Å². The summed E-state index contributed by atoms with van der Waals surface area (Å²) in [7, 11) is 0. The largest absolute Gasteiger partial charge is 0.393 e. The topological polar surface area (TPSA) is 132 Å². The van der Waals surface area contributed by atoms with Crippen LogP contribution in [0.5, 0.6) is 0 Å². The Bertz CT molecular complexity index is 950. The molecule has 212 valence electrons. The molecule has 1 aliphatic carbocycles.